The minimum absolute atomic E-state index is 0.102. The molecule has 2 radical (unpaired) electrons. The third-order valence-corrected chi connectivity index (χ3v) is 4.54. The van der Waals surface area contributed by atoms with Gasteiger partial charge in [-0.05, 0) is 49.1 Å². The van der Waals surface area contributed by atoms with Crippen LogP contribution in [0.1, 0.15) is 30.0 Å². The largest absolute Gasteiger partial charge is 0.338 e. The Kier molecular flexibility index (Phi) is 4.01. The number of hydrogen-bond donors (Lipinski definition) is 0. The first-order chi connectivity index (χ1) is 10.5. The summed E-state index contributed by atoms with van der Waals surface area (Å²) in [4.78, 5) is 2.13. The number of aryl methyl sites for hydroxylation is 1. The molecule has 1 unspecified atom stereocenters. The molecule has 1 aliphatic heterocycles. The van der Waals surface area contributed by atoms with Crippen LogP contribution in [0, 0.1) is 12.7 Å². The second-order valence-electron chi connectivity index (χ2n) is 5.67. The van der Waals surface area contributed by atoms with E-state index >= 15 is 0 Å². The van der Waals surface area contributed by atoms with Crippen molar-refractivity contribution in [1.29, 1.82) is 0 Å². The van der Waals surface area contributed by atoms with Crippen molar-refractivity contribution in [3.63, 3.8) is 0 Å². The second-order valence-corrected chi connectivity index (χ2v) is 6.08. The predicted octanol–water partition coefficient (Wildman–Crippen LogP) is 4.44. The topological polar surface area (TPSA) is 3.24 Å². The fraction of sp³-hybridized carbons (Fsp3) is 0.222. The molecular weight excluding hydrogens is 295 g/mol. The highest BCUT2D eigenvalue weighted by atomic mass is 35.5. The lowest BCUT2D eigenvalue weighted by Crippen LogP contribution is -2.24. The summed E-state index contributed by atoms with van der Waals surface area (Å²) in [5.41, 5.74) is 3.94. The van der Waals surface area contributed by atoms with E-state index in [9.17, 15) is 4.39 Å². The van der Waals surface area contributed by atoms with Crippen LogP contribution < -0.4 is 10.4 Å². The van der Waals surface area contributed by atoms with Gasteiger partial charge in [0, 0.05) is 16.4 Å². The van der Waals surface area contributed by atoms with E-state index in [1.54, 1.807) is 6.07 Å². The van der Waals surface area contributed by atoms with Gasteiger partial charge in [-0.25, -0.2) is 4.39 Å². The summed E-state index contributed by atoms with van der Waals surface area (Å²) in [7, 11) is 5.76. The lowest BCUT2D eigenvalue weighted by atomic mass is 9.92. The third-order valence-electron chi connectivity index (χ3n) is 4.20. The Hall–Kier alpha value is -1.74. The summed E-state index contributed by atoms with van der Waals surface area (Å²) in [5, 5.41) is 0.736. The fourth-order valence-corrected chi connectivity index (χ4v) is 3.35. The number of anilines is 1. The third kappa shape index (κ3) is 2.54. The summed E-state index contributed by atoms with van der Waals surface area (Å²) >= 11 is 6.36. The number of hydrogen-bond acceptors (Lipinski definition) is 1. The van der Waals surface area contributed by atoms with Crippen molar-refractivity contribution in [2.45, 2.75) is 25.8 Å². The van der Waals surface area contributed by atoms with E-state index in [2.05, 4.69) is 11.5 Å². The molecular formula is C18H16BClFN. The smallest absolute Gasteiger partial charge is 0.118 e. The molecule has 1 saturated heterocycles. The van der Waals surface area contributed by atoms with Gasteiger partial charge in [-0.1, -0.05) is 41.8 Å². The standard InChI is InChI=1S/C18H16BClFN/c1-11-9-16(21)14(19)10-18(11)22-12(2)7-8-17(22)13-5-3-4-6-15(13)20/h3-6,9-10,17H,2,7-8H2,1H3. The molecule has 1 atom stereocenters. The zero-order chi connectivity index (χ0) is 15.9. The van der Waals surface area contributed by atoms with Crippen LogP contribution in [0.25, 0.3) is 0 Å². The average molecular weight is 312 g/mol. The molecule has 4 heteroatoms. The highest BCUT2D eigenvalue weighted by Crippen LogP contribution is 2.44. The molecule has 0 saturated carbocycles. The van der Waals surface area contributed by atoms with Crippen LogP contribution in [0.15, 0.2) is 48.7 Å². The molecule has 22 heavy (non-hydrogen) atoms. The van der Waals surface area contributed by atoms with Gasteiger partial charge in [0.1, 0.15) is 13.7 Å². The molecule has 1 fully saturated rings. The summed E-state index contributed by atoms with van der Waals surface area (Å²) in [5.74, 6) is -0.389. The van der Waals surface area contributed by atoms with E-state index in [-0.39, 0.29) is 17.3 Å². The van der Waals surface area contributed by atoms with Crippen molar-refractivity contribution in [2.24, 2.45) is 0 Å². The molecule has 1 aliphatic rings. The number of benzene rings is 2. The monoisotopic (exact) mass is 311 g/mol. The van der Waals surface area contributed by atoms with E-state index in [4.69, 9.17) is 19.4 Å². The van der Waals surface area contributed by atoms with Crippen molar-refractivity contribution in [3.05, 3.63) is 70.6 Å². The number of allylic oxidation sites excluding steroid dienone is 1. The van der Waals surface area contributed by atoms with E-state index in [1.165, 1.54) is 6.07 Å². The first kappa shape index (κ1) is 15.2. The maximum atomic E-state index is 13.6. The lowest BCUT2D eigenvalue weighted by Gasteiger charge is -2.30. The van der Waals surface area contributed by atoms with Gasteiger partial charge >= 0.3 is 0 Å². The van der Waals surface area contributed by atoms with E-state index < -0.39 is 0 Å². The molecule has 0 N–H and O–H groups in total. The molecule has 1 heterocycles. The van der Waals surface area contributed by atoms with Gasteiger partial charge in [-0.2, -0.15) is 0 Å². The van der Waals surface area contributed by atoms with Crippen LogP contribution in [-0.4, -0.2) is 7.85 Å². The van der Waals surface area contributed by atoms with Crippen molar-refractivity contribution >= 4 is 30.6 Å². The minimum atomic E-state index is -0.389. The predicted molar refractivity (Wildman–Crippen MR) is 91.6 cm³/mol. The second kappa shape index (κ2) is 5.81. The highest BCUT2D eigenvalue weighted by molar-refractivity contribution is 6.33. The van der Waals surface area contributed by atoms with E-state index in [0.29, 0.717) is 0 Å². The molecule has 3 rings (SSSR count). The summed E-state index contributed by atoms with van der Waals surface area (Å²) in [6.07, 6.45) is 1.81. The van der Waals surface area contributed by atoms with Crippen LogP contribution in [0.3, 0.4) is 0 Å². The van der Waals surface area contributed by atoms with Gasteiger partial charge in [0.05, 0.1) is 6.04 Å². The highest BCUT2D eigenvalue weighted by Gasteiger charge is 2.31. The summed E-state index contributed by atoms with van der Waals surface area (Å²) in [6.45, 7) is 6.04. The minimum Gasteiger partial charge on any atom is -0.338 e. The fourth-order valence-electron chi connectivity index (χ4n) is 3.09. The van der Waals surface area contributed by atoms with Gasteiger partial charge in [0.2, 0.25) is 0 Å². The SMILES string of the molecule is [B]c1cc(N2C(=C)CCC2c2ccccc2Cl)c(C)cc1F. The molecule has 2 aromatic rings. The van der Waals surface area contributed by atoms with Crippen molar-refractivity contribution < 1.29 is 4.39 Å². The molecule has 0 aromatic heterocycles. The van der Waals surface area contributed by atoms with Crippen molar-refractivity contribution in [1.82, 2.24) is 0 Å². The lowest BCUT2D eigenvalue weighted by molar-refractivity contribution is 0.634. The van der Waals surface area contributed by atoms with Crippen LogP contribution in [0.2, 0.25) is 5.02 Å². The van der Waals surface area contributed by atoms with Crippen molar-refractivity contribution in [2.75, 3.05) is 4.90 Å². The maximum Gasteiger partial charge on any atom is 0.118 e. The zero-order valence-corrected chi connectivity index (χ0v) is 13.2. The molecule has 0 bridgehead atoms. The molecule has 110 valence electrons. The Bertz CT molecular complexity index is 744. The van der Waals surface area contributed by atoms with Crippen LogP contribution >= 0.6 is 11.6 Å². The number of halogens is 2. The summed E-state index contributed by atoms with van der Waals surface area (Å²) < 4.78 is 13.6. The Morgan fingerprint density at radius 2 is 2.05 bits per heavy atom. The van der Waals surface area contributed by atoms with Gasteiger partial charge < -0.3 is 4.90 Å². The molecule has 0 amide bonds. The number of nitrogens with zero attached hydrogens (tertiary/aromatic N) is 1. The van der Waals surface area contributed by atoms with Crippen LogP contribution in [0.4, 0.5) is 10.1 Å². The van der Waals surface area contributed by atoms with E-state index in [1.807, 2.05) is 31.2 Å². The first-order valence-corrected chi connectivity index (χ1v) is 7.64. The van der Waals surface area contributed by atoms with Gasteiger partial charge in [-0.3, -0.25) is 0 Å². The number of rotatable bonds is 2. The molecule has 2 aromatic carbocycles. The average Bonchev–Trinajstić information content (AvgIpc) is 2.85. The van der Waals surface area contributed by atoms with Gasteiger partial charge in [-0.15, -0.1) is 0 Å². The van der Waals surface area contributed by atoms with E-state index in [0.717, 1.165) is 40.4 Å². The maximum absolute atomic E-state index is 13.6. The van der Waals surface area contributed by atoms with Crippen LogP contribution in [0.5, 0.6) is 0 Å². The van der Waals surface area contributed by atoms with Gasteiger partial charge in [0.15, 0.2) is 0 Å². The van der Waals surface area contributed by atoms with Crippen LogP contribution in [-0.2, 0) is 0 Å². The zero-order valence-electron chi connectivity index (χ0n) is 12.4. The Morgan fingerprint density at radius 3 is 2.77 bits per heavy atom. The Balaban J connectivity index is 2.09. The van der Waals surface area contributed by atoms with Crippen molar-refractivity contribution in [3.8, 4) is 0 Å². The molecule has 0 aliphatic carbocycles. The first-order valence-electron chi connectivity index (χ1n) is 7.26. The Morgan fingerprint density at radius 1 is 1.32 bits per heavy atom. The molecule has 0 spiro atoms. The van der Waals surface area contributed by atoms with Gasteiger partial charge in [0.25, 0.3) is 0 Å². The molecule has 1 nitrogen and oxygen atoms in total. The summed E-state index contributed by atoms with van der Waals surface area (Å²) in [6, 6.07) is 11.1. The Labute approximate surface area is 136 Å². The normalized spacial score (nSPS) is 18.0. The quantitative estimate of drug-likeness (QED) is 0.741.